The maximum Gasteiger partial charge on any atom is 0.203 e. The highest BCUT2D eigenvalue weighted by Gasteiger charge is 2.12. The Hall–Kier alpha value is -3.27. The minimum Gasteiger partial charge on any atom is -0.496 e. The molecule has 0 aliphatic rings. The Balaban J connectivity index is 1.65. The molecule has 0 saturated heterocycles. The number of carbonyl (C=O) groups excluding carboxylic acids is 1. The van der Waals surface area contributed by atoms with E-state index in [0.717, 1.165) is 5.75 Å². The van der Waals surface area contributed by atoms with Crippen molar-refractivity contribution in [2.24, 2.45) is 0 Å². The monoisotopic (exact) mass is 334 g/mol. The van der Waals surface area contributed by atoms with Gasteiger partial charge in [-0.3, -0.25) is 4.79 Å². The summed E-state index contributed by atoms with van der Waals surface area (Å²) in [5.41, 5.74) is 0.502. The zero-order valence-corrected chi connectivity index (χ0v) is 13.8. The van der Waals surface area contributed by atoms with Crippen LogP contribution in [0.25, 0.3) is 0 Å². The van der Waals surface area contributed by atoms with E-state index in [1.54, 1.807) is 30.3 Å². The second-order valence-corrected chi connectivity index (χ2v) is 5.30. The second-order valence-electron chi connectivity index (χ2n) is 5.30. The molecule has 0 radical (unpaired) electrons. The molecule has 0 aromatic heterocycles. The lowest BCUT2D eigenvalue weighted by molar-refractivity contribution is 0.0918. The molecular weight excluding hydrogens is 316 g/mol. The van der Waals surface area contributed by atoms with Gasteiger partial charge in [-0.05, 0) is 36.4 Å². The number of methoxy groups -OCH3 is 1. The Morgan fingerprint density at radius 2 is 1.48 bits per heavy atom. The third kappa shape index (κ3) is 4.38. The number of carbonyl (C=O) groups is 1. The second kappa shape index (κ2) is 8.02. The molecule has 0 atom stereocenters. The third-order valence-electron chi connectivity index (χ3n) is 3.56. The molecule has 4 nitrogen and oxygen atoms in total. The topological polar surface area (TPSA) is 44.8 Å². The molecule has 0 saturated carbocycles. The van der Waals surface area contributed by atoms with Gasteiger partial charge in [0.1, 0.15) is 23.0 Å². The summed E-state index contributed by atoms with van der Waals surface area (Å²) in [6.45, 7) is -0.0742. The van der Waals surface area contributed by atoms with Crippen molar-refractivity contribution in [2.45, 2.75) is 0 Å². The van der Waals surface area contributed by atoms with Crippen LogP contribution in [-0.4, -0.2) is 19.5 Å². The SMILES string of the molecule is COc1ccccc1C(=O)COc1cccc(Oc2ccccc2)c1. The first-order valence-corrected chi connectivity index (χ1v) is 7.88. The fourth-order valence-electron chi connectivity index (χ4n) is 2.35. The summed E-state index contributed by atoms with van der Waals surface area (Å²) in [5, 5.41) is 0. The highest BCUT2D eigenvalue weighted by atomic mass is 16.5. The van der Waals surface area contributed by atoms with Crippen molar-refractivity contribution >= 4 is 5.78 Å². The molecule has 3 aromatic rings. The molecule has 25 heavy (non-hydrogen) atoms. The van der Waals surface area contributed by atoms with E-state index in [1.165, 1.54) is 7.11 Å². The van der Waals surface area contributed by atoms with E-state index in [0.29, 0.717) is 22.8 Å². The summed E-state index contributed by atoms with van der Waals surface area (Å²) in [4.78, 5) is 12.3. The predicted molar refractivity (Wildman–Crippen MR) is 95.8 cm³/mol. The van der Waals surface area contributed by atoms with E-state index in [-0.39, 0.29) is 12.4 Å². The zero-order valence-electron chi connectivity index (χ0n) is 13.8. The minimum atomic E-state index is -0.146. The van der Waals surface area contributed by atoms with Gasteiger partial charge in [0.15, 0.2) is 6.61 Å². The molecule has 0 fully saturated rings. The van der Waals surface area contributed by atoms with E-state index in [2.05, 4.69) is 0 Å². The maximum atomic E-state index is 12.3. The summed E-state index contributed by atoms with van der Waals surface area (Å²) < 4.78 is 16.6. The van der Waals surface area contributed by atoms with Gasteiger partial charge in [0.25, 0.3) is 0 Å². The Labute approximate surface area is 146 Å². The molecule has 0 aliphatic carbocycles. The van der Waals surface area contributed by atoms with E-state index >= 15 is 0 Å². The fraction of sp³-hybridized carbons (Fsp3) is 0.0952. The quantitative estimate of drug-likeness (QED) is 0.585. The van der Waals surface area contributed by atoms with Gasteiger partial charge in [0.2, 0.25) is 5.78 Å². The van der Waals surface area contributed by atoms with Crippen molar-refractivity contribution in [1.29, 1.82) is 0 Å². The first-order chi connectivity index (χ1) is 12.3. The van der Waals surface area contributed by atoms with Crippen molar-refractivity contribution in [3.8, 4) is 23.0 Å². The van der Waals surface area contributed by atoms with Crippen LogP contribution >= 0.6 is 0 Å². The maximum absolute atomic E-state index is 12.3. The van der Waals surface area contributed by atoms with Gasteiger partial charge in [-0.1, -0.05) is 36.4 Å². The molecule has 126 valence electrons. The number of ether oxygens (including phenoxy) is 3. The first-order valence-electron chi connectivity index (χ1n) is 7.88. The van der Waals surface area contributed by atoms with E-state index in [1.807, 2.05) is 48.5 Å². The van der Waals surface area contributed by atoms with E-state index < -0.39 is 0 Å². The molecule has 0 amide bonds. The highest BCUT2D eigenvalue weighted by molar-refractivity contribution is 5.99. The summed E-state index contributed by atoms with van der Waals surface area (Å²) in [5.74, 6) is 2.35. The van der Waals surface area contributed by atoms with Crippen molar-refractivity contribution in [2.75, 3.05) is 13.7 Å². The van der Waals surface area contributed by atoms with Crippen LogP contribution in [0.5, 0.6) is 23.0 Å². The Morgan fingerprint density at radius 1 is 0.800 bits per heavy atom. The average molecular weight is 334 g/mol. The third-order valence-corrected chi connectivity index (χ3v) is 3.56. The summed E-state index contributed by atoms with van der Waals surface area (Å²) in [6.07, 6.45) is 0. The predicted octanol–water partition coefficient (Wildman–Crippen LogP) is 4.75. The standard InChI is InChI=1S/C21H18O4/c1-23-21-13-6-5-12-19(21)20(22)15-24-17-10-7-11-18(14-17)25-16-8-3-2-4-9-16/h2-14H,15H2,1H3. The van der Waals surface area contributed by atoms with Gasteiger partial charge in [-0.15, -0.1) is 0 Å². The first kappa shape index (κ1) is 16.6. The molecule has 0 unspecified atom stereocenters. The van der Waals surface area contributed by atoms with Gasteiger partial charge in [0, 0.05) is 6.07 Å². The number of Topliss-reactive ketones (excluding diaryl/α,β-unsaturated/α-hetero) is 1. The minimum absolute atomic E-state index is 0.0742. The van der Waals surface area contributed by atoms with Crippen molar-refractivity contribution in [1.82, 2.24) is 0 Å². The smallest absolute Gasteiger partial charge is 0.203 e. The van der Waals surface area contributed by atoms with Crippen molar-refractivity contribution in [3.63, 3.8) is 0 Å². The molecule has 4 heteroatoms. The summed E-state index contributed by atoms with van der Waals surface area (Å²) in [6, 6.07) is 23.8. The molecule has 3 rings (SSSR count). The number of para-hydroxylation sites is 2. The van der Waals surface area contributed by atoms with Crippen LogP contribution in [0.3, 0.4) is 0 Å². The molecule has 3 aromatic carbocycles. The lowest BCUT2D eigenvalue weighted by Gasteiger charge is -2.10. The largest absolute Gasteiger partial charge is 0.496 e. The number of hydrogen-bond acceptors (Lipinski definition) is 4. The summed E-state index contributed by atoms with van der Waals surface area (Å²) in [7, 11) is 1.54. The fourth-order valence-corrected chi connectivity index (χ4v) is 2.35. The lowest BCUT2D eigenvalue weighted by Crippen LogP contribution is -2.12. The van der Waals surface area contributed by atoms with Gasteiger partial charge in [-0.2, -0.15) is 0 Å². The number of ketones is 1. The van der Waals surface area contributed by atoms with Gasteiger partial charge >= 0.3 is 0 Å². The highest BCUT2D eigenvalue weighted by Crippen LogP contribution is 2.25. The average Bonchev–Trinajstić information content (AvgIpc) is 2.67. The van der Waals surface area contributed by atoms with Gasteiger partial charge in [-0.25, -0.2) is 0 Å². The molecule has 0 aliphatic heterocycles. The Bertz CT molecular complexity index is 843. The van der Waals surface area contributed by atoms with E-state index in [4.69, 9.17) is 14.2 Å². The van der Waals surface area contributed by atoms with Crippen molar-refractivity contribution < 1.29 is 19.0 Å². The van der Waals surface area contributed by atoms with Gasteiger partial charge in [0.05, 0.1) is 12.7 Å². The Morgan fingerprint density at radius 3 is 2.28 bits per heavy atom. The van der Waals surface area contributed by atoms with Crippen LogP contribution in [0.4, 0.5) is 0 Å². The van der Waals surface area contributed by atoms with Gasteiger partial charge < -0.3 is 14.2 Å². The molecule has 0 bridgehead atoms. The number of rotatable bonds is 7. The summed E-state index contributed by atoms with van der Waals surface area (Å²) >= 11 is 0. The number of benzene rings is 3. The lowest BCUT2D eigenvalue weighted by atomic mass is 10.1. The van der Waals surface area contributed by atoms with Crippen LogP contribution in [0.1, 0.15) is 10.4 Å². The number of hydrogen-bond donors (Lipinski definition) is 0. The molecular formula is C21H18O4. The van der Waals surface area contributed by atoms with E-state index in [9.17, 15) is 4.79 Å². The normalized spacial score (nSPS) is 10.1. The van der Waals surface area contributed by atoms with Crippen LogP contribution in [-0.2, 0) is 0 Å². The van der Waals surface area contributed by atoms with Crippen LogP contribution in [0, 0.1) is 0 Å². The molecule has 0 N–H and O–H groups in total. The molecule has 0 spiro atoms. The van der Waals surface area contributed by atoms with Crippen LogP contribution in [0.2, 0.25) is 0 Å². The van der Waals surface area contributed by atoms with Crippen molar-refractivity contribution in [3.05, 3.63) is 84.4 Å². The molecule has 0 heterocycles. The van der Waals surface area contributed by atoms with Crippen LogP contribution < -0.4 is 14.2 Å². The Kier molecular flexibility index (Phi) is 5.32. The van der Waals surface area contributed by atoms with Crippen LogP contribution in [0.15, 0.2) is 78.9 Å². The zero-order chi connectivity index (χ0) is 17.5.